The van der Waals surface area contributed by atoms with Gasteiger partial charge in [-0.15, -0.1) is 0 Å². The SMILES string of the molecule is CC1CC1C1CCC(c2ccc(-c3ccc(-c4cc(F)c(F)c(F)c4)c(F)c3)cc2)OC1. The zero-order valence-electron chi connectivity index (χ0n) is 17.8. The molecule has 0 aromatic heterocycles. The molecule has 1 aliphatic carbocycles. The van der Waals surface area contributed by atoms with E-state index in [-0.39, 0.29) is 17.2 Å². The molecular formula is C27H24F4O. The third kappa shape index (κ3) is 4.06. The maximum atomic E-state index is 14.7. The first-order valence-corrected chi connectivity index (χ1v) is 11.1. The summed E-state index contributed by atoms with van der Waals surface area (Å²) in [6.45, 7) is 3.12. The van der Waals surface area contributed by atoms with Crippen LogP contribution in [0.15, 0.2) is 54.6 Å². The van der Waals surface area contributed by atoms with Crippen molar-refractivity contribution < 1.29 is 22.3 Å². The Bertz CT molecular complexity index is 1110. The van der Waals surface area contributed by atoms with Gasteiger partial charge in [0.25, 0.3) is 0 Å². The van der Waals surface area contributed by atoms with E-state index in [9.17, 15) is 17.6 Å². The summed E-state index contributed by atoms with van der Waals surface area (Å²) in [4.78, 5) is 0. The second-order valence-electron chi connectivity index (χ2n) is 9.11. The molecule has 4 atom stereocenters. The summed E-state index contributed by atoms with van der Waals surface area (Å²) in [7, 11) is 0. The van der Waals surface area contributed by atoms with Crippen LogP contribution in [0, 0.1) is 41.0 Å². The van der Waals surface area contributed by atoms with Crippen LogP contribution in [0.4, 0.5) is 17.6 Å². The summed E-state index contributed by atoms with van der Waals surface area (Å²) in [6, 6.07) is 13.9. The molecule has 0 bridgehead atoms. The molecule has 1 heterocycles. The molecule has 166 valence electrons. The predicted molar refractivity (Wildman–Crippen MR) is 116 cm³/mol. The molecule has 5 rings (SSSR count). The fourth-order valence-electron chi connectivity index (χ4n) is 4.91. The van der Waals surface area contributed by atoms with Gasteiger partial charge in [-0.2, -0.15) is 0 Å². The van der Waals surface area contributed by atoms with Gasteiger partial charge in [0.05, 0.1) is 12.7 Å². The van der Waals surface area contributed by atoms with Crippen LogP contribution in [0.2, 0.25) is 0 Å². The minimum absolute atomic E-state index is 0.0123. The van der Waals surface area contributed by atoms with Crippen LogP contribution in [0.1, 0.15) is 37.9 Å². The lowest BCUT2D eigenvalue weighted by Crippen LogP contribution is -2.22. The zero-order chi connectivity index (χ0) is 22.4. The van der Waals surface area contributed by atoms with Crippen molar-refractivity contribution in [3.8, 4) is 22.3 Å². The highest BCUT2D eigenvalue weighted by atomic mass is 19.2. The lowest BCUT2D eigenvalue weighted by molar-refractivity contribution is -0.0242. The molecular weight excluding hydrogens is 416 g/mol. The third-order valence-electron chi connectivity index (χ3n) is 6.97. The average molecular weight is 440 g/mol. The molecule has 0 amide bonds. The lowest BCUT2D eigenvalue weighted by atomic mass is 9.90. The third-order valence-corrected chi connectivity index (χ3v) is 6.97. The quantitative estimate of drug-likeness (QED) is 0.298. The number of benzene rings is 3. The van der Waals surface area contributed by atoms with Crippen LogP contribution >= 0.6 is 0 Å². The minimum Gasteiger partial charge on any atom is -0.373 e. The molecule has 1 nitrogen and oxygen atoms in total. The number of hydrogen-bond acceptors (Lipinski definition) is 1. The molecule has 0 spiro atoms. The first-order chi connectivity index (χ1) is 15.4. The lowest BCUT2D eigenvalue weighted by Gasteiger charge is -2.29. The van der Waals surface area contributed by atoms with Crippen molar-refractivity contribution in [3.05, 3.63) is 83.4 Å². The Morgan fingerprint density at radius 2 is 1.38 bits per heavy atom. The number of rotatable bonds is 4. The van der Waals surface area contributed by atoms with Crippen LogP contribution in [0.5, 0.6) is 0 Å². The highest BCUT2D eigenvalue weighted by Gasteiger charge is 2.41. The van der Waals surface area contributed by atoms with Gasteiger partial charge in [-0.3, -0.25) is 0 Å². The van der Waals surface area contributed by atoms with Crippen molar-refractivity contribution in [2.45, 2.75) is 32.3 Å². The Morgan fingerprint density at radius 3 is 1.94 bits per heavy atom. The van der Waals surface area contributed by atoms with Crippen molar-refractivity contribution in [1.82, 2.24) is 0 Å². The normalized spacial score (nSPS) is 25.0. The average Bonchev–Trinajstić information content (AvgIpc) is 3.54. The Hall–Kier alpha value is -2.66. The zero-order valence-corrected chi connectivity index (χ0v) is 17.8. The van der Waals surface area contributed by atoms with Crippen molar-refractivity contribution in [1.29, 1.82) is 0 Å². The molecule has 0 N–H and O–H groups in total. The van der Waals surface area contributed by atoms with Crippen molar-refractivity contribution in [3.63, 3.8) is 0 Å². The van der Waals surface area contributed by atoms with E-state index >= 15 is 0 Å². The fourth-order valence-corrected chi connectivity index (χ4v) is 4.91. The Labute approximate surface area is 185 Å². The Morgan fingerprint density at radius 1 is 0.750 bits per heavy atom. The first kappa shape index (κ1) is 21.2. The van der Waals surface area contributed by atoms with Crippen LogP contribution in [-0.2, 0) is 4.74 Å². The summed E-state index contributed by atoms with van der Waals surface area (Å²) >= 11 is 0. The van der Waals surface area contributed by atoms with Gasteiger partial charge in [0.1, 0.15) is 5.82 Å². The Balaban J connectivity index is 1.31. The minimum atomic E-state index is -1.56. The number of ether oxygens (including phenoxy) is 1. The van der Waals surface area contributed by atoms with Gasteiger partial charge in [-0.25, -0.2) is 17.6 Å². The summed E-state index contributed by atoms with van der Waals surface area (Å²) in [6.07, 6.45) is 3.63. The first-order valence-electron chi connectivity index (χ1n) is 11.1. The molecule has 4 unspecified atom stereocenters. The highest BCUT2D eigenvalue weighted by molar-refractivity contribution is 5.71. The largest absolute Gasteiger partial charge is 0.373 e. The fraction of sp³-hybridized carbons (Fsp3) is 0.333. The van der Waals surface area contributed by atoms with E-state index in [1.807, 2.05) is 24.3 Å². The predicted octanol–water partition coefficient (Wildman–Crippen LogP) is 7.70. The van der Waals surface area contributed by atoms with E-state index in [1.165, 1.54) is 25.0 Å². The second-order valence-corrected chi connectivity index (χ2v) is 9.11. The Kier molecular flexibility index (Phi) is 5.54. The van der Waals surface area contributed by atoms with Gasteiger partial charge in [-0.1, -0.05) is 43.3 Å². The number of hydrogen-bond donors (Lipinski definition) is 0. The smallest absolute Gasteiger partial charge is 0.194 e. The molecule has 32 heavy (non-hydrogen) atoms. The van der Waals surface area contributed by atoms with Crippen LogP contribution in [0.25, 0.3) is 22.3 Å². The van der Waals surface area contributed by atoms with Crippen LogP contribution in [0.3, 0.4) is 0 Å². The molecule has 5 heteroatoms. The highest BCUT2D eigenvalue weighted by Crippen LogP contribution is 2.48. The van der Waals surface area contributed by atoms with Gasteiger partial charge in [0.15, 0.2) is 17.5 Å². The second kappa shape index (κ2) is 8.36. The van der Waals surface area contributed by atoms with Gasteiger partial charge >= 0.3 is 0 Å². The van der Waals surface area contributed by atoms with E-state index in [2.05, 4.69) is 6.92 Å². The van der Waals surface area contributed by atoms with Gasteiger partial charge in [-0.05, 0) is 77.5 Å². The molecule has 0 radical (unpaired) electrons. The summed E-state index contributed by atoms with van der Waals surface area (Å²) < 4.78 is 61.1. The molecule has 1 saturated heterocycles. The summed E-state index contributed by atoms with van der Waals surface area (Å²) in [5, 5.41) is 0. The molecule has 2 aliphatic rings. The van der Waals surface area contributed by atoms with Crippen molar-refractivity contribution in [2.24, 2.45) is 17.8 Å². The van der Waals surface area contributed by atoms with Gasteiger partial charge in [0.2, 0.25) is 0 Å². The number of halogens is 4. The van der Waals surface area contributed by atoms with Crippen molar-refractivity contribution >= 4 is 0 Å². The summed E-state index contributed by atoms with van der Waals surface area (Å²) in [5.74, 6) is -2.53. The van der Waals surface area contributed by atoms with E-state index in [1.54, 1.807) is 6.07 Å². The topological polar surface area (TPSA) is 9.23 Å². The molecule has 3 aromatic carbocycles. The molecule has 3 aromatic rings. The van der Waals surface area contributed by atoms with Crippen LogP contribution < -0.4 is 0 Å². The van der Waals surface area contributed by atoms with E-state index in [4.69, 9.17) is 4.74 Å². The maximum Gasteiger partial charge on any atom is 0.194 e. The van der Waals surface area contributed by atoms with Gasteiger partial charge in [0, 0.05) is 5.56 Å². The van der Waals surface area contributed by atoms with Crippen molar-refractivity contribution in [2.75, 3.05) is 6.61 Å². The van der Waals surface area contributed by atoms with E-state index in [0.29, 0.717) is 11.5 Å². The molecule has 1 saturated carbocycles. The standard InChI is InChI=1S/C27H24F4O/c1-15-10-22(15)19-7-9-26(32-14-19)17-4-2-16(3-5-17)18-6-8-21(23(28)11-18)20-12-24(29)27(31)25(30)13-20/h2-6,8,11-13,15,19,22,26H,7,9-10,14H2,1H3. The monoisotopic (exact) mass is 440 g/mol. The summed E-state index contributed by atoms with van der Waals surface area (Å²) in [5.41, 5.74) is 2.56. The van der Waals surface area contributed by atoms with E-state index < -0.39 is 23.3 Å². The van der Waals surface area contributed by atoms with Crippen LogP contribution in [-0.4, -0.2) is 6.61 Å². The van der Waals surface area contributed by atoms with Gasteiger partial charge < -0.3 is 4.74 Å². The van der Waals surface area contributed by atoms with E-state index in [0.717, 1.165) is 48.1 Å². The maximum absolute atomic E-state index is 14.7. The molecule has 2 fully saturated rings. The molecule has 1 aliphatic heterocycles.